The summed E-state index contributed by atoms with van der Waals surface area (Å²) < 4.78 is 5.74. The first-order chi connectivity index (χ1) is 12.5. The Balaban J connectivity index is 1.71. The van der Waals surface area contributed by atoms with E-state index < -0.39 is 0 Å². The number of piperazine rings is 1. The minimum Gasteiger partial charge on any atom is -0.496 e. The summed E-state index contributed by atoms with van der Waals surface area (Å²) >= 11 is 6.55. The van der Waals surface area contributed by atoms with E-state index in [0.29, 0.717) is 28.1 Å². The van der Waals surface area contributed by atoms with Crippen LogP contribution in [0.25, 0.3) is 6.08 Å². The van der Waals surface area contributed by atoms with E-state index in [1.807, 2.05) is 31.3 Å². The lowest BCUT2D eigenvalue weighted by Gasteiger charge is -2.33. The molecule has 0 radical (unpaired) electrons. The smallest absolute Gasteiger partial charge is 0.266 e. The van der Waals surface area contributed by atoms with E-state index in [4.69, 9.17) is 17.0 Å². The molecule has 1 aromatic rings. The molecule has 0 atom stereocenters. The van der Waals surface area contributed by atoms with Gasteiger partial charge in [0.2, 0.25) is 5.91 Å². The average Bonchev–Trinajstić information content (AvgIpc) is 2.90. The van der Waals surface area contributed by atoms with Gasteiger partial charge in [-0.25, -0.2) is 0 Å². The molecule has 1 aromatic carbocycles. The van der Waals surface area contributed by atoms with Crippen molar-refractivity contribution in [3.05, 3.63) is 34.7 Å². The van der Waals surface area contributed by atoms with Gasteiger partial charge in [-0.05, 0) is 19.2 Å². The number of rotatable bonds is 4. The Labute approximate surface area is 162 Å². The summed E-state index contributed by atoms with van der Waals surface area (Å²) in [6.07, 6.45) is 1.76. The van der Waals surface area contributed by atoms with Crippen LogP contribution in [-0.4, -0.2) is 77.7 Å². The lowest BCUT2D eigenvalue weighted by molar-refractivity contribution is -0.136. The van der Waals surface area contributed by atoms with Gasteiger partial charge < -0.3 is 14.5 Å². The van der Waals surface area contributed by atoms with Gasteiger partial charge in [0.25, 0.3) is 5.91 Å². The van der Waals surface area contributed by atoms with Gasteiger partial charge in [0.15, 0.2) is 0 Å². The van der Waals surface area contributed by atoms with Gasteiger partial charge in [-0.15, -0.1) is 0 Å². The van der Waals surface area contributed by atoms with Crippen molar-refractivity contribution in [2.45, 2.75) is 0 Å². The Morgan fingerprint density at radius 1 is 1.27 bits per heavy atom. The van der Waals surface area contributed by atoms with Crippen molar-refractivity contribution in [3.8, 4) is 5.75 Å². The molecule has 138 valence electrons. The second-order valence-corrected chi connectivity index (χ2v) is 7.87. The summed E-state index contributed by atoms with van der Waals surface area (Å²) in [6.45, 7) is 3.05. The summed E-state index contributed by atoms with van der Waals surface area (Å²) in [7, 11) is 3.62. The lowest BCUT2D eigenvalue weighted by Crippen LogP contribution is -2.50. The average molecular weight is 392 g/mol. The monoisotopic (exact) mass is 391 g/mol. The maximum atomic E-state index is 12.7. The fourth-order valence-corrected chi connectivity index (χ4v) is 4.10. The Bertz CT molecular complexity index is 758. The predicted octanol–water partition coefficient (Wildman–Crippen LogP) is 1.67. The van der Waals surface area contributed by atoms with Crippen LogP contribution in [0.1, 0.15) is 5.56 Å². The SMILES string of the molecule is COc1ccccc1C=C1SC(=S)N(CC(=O)N2CCN(C)CC2)C1=O. The van der Waals surface area contributed by atoms with E-state index in [0.717, 1.165) is 18.7 Å². The quantitative estimate of drug-likeness (QED) is 0.575. The number of carbonyl (C=O) groups is 2. The molecule has 0 unspecified atom stereocenters. The molecule has 2 fully saturated rings. The minimum atomic E-state index is -0.228. The first-order valence-corrected chi connectivity index (χ1v) is 9.57. The van der Waals surface area contributed by atoms with Gasteiger partial charge >= 0.3 is 0 Å². The first-order valence-electron chi connectivity index (χ1n) is 8.34. The third-order valence-corrected chi connectivity index (χ3v) is 5.83. The van der Waals surface area contributed by atoms with E-state index in [2.05, 4.69) is 4.90 Å². The number of nitrogens with zero attached hydrogens (tertiary/aromatic N) is 3. The normalized spacial score (nSPS) is 20.2. The van der Waals surface area contributed by atoms with Crippen molar-refractivity contribution >= 4 is 46.2 Å². The molecule has 0 saturated carbocycles. The number of methoxy groups -OCH3 is 1. The van der Waals surface area contributed by atoms with Crippen molar-refractivity contribution in [2.75, 3.05) is 46.9 Å². The summed E-state index contributed by atoms with van der Waals surface area (Å²) in [4.78, 5) is 31.1. The van der Waals surface area contributed by atoms with Gasteiger partial charge in [0.1, 0.15) is 16.6 Å². The molecule has 2 aliphatic heterocycles. The molecule has 2 saturated heterocycles. The van der Waals surface area contributed by atoms with Crippen molar-refractivity contribution in [1.29, 1.82) is 0 Å². The van der Waals surface area contributed by atoms with Gasteiger partial charge in [0, 0.05) is 31.7 Å². The zero-order chi connectivity index (χ0) is 18.7. The van der Waals surface area contributed by atoms with E-state index in [9.17, 15) is 9.59 Å². The highest BCUT2D eigenvalue weighted by atomic mass is 32.2. The molecule has 2 aliphatic rings. The maximum Gasteiger partial charge on any atom is 0.266 e. The topological polar surface area (TPSA) is 53.1 Å². The third kappa shape index (κ3) is 4.08. The Morgan fingerprint density at radius 2 is 1.96 bits per heavy atom. The fraction of sp³-hybridized carbons (Fsp3) is 0.389. The molecule has 0 spiro atoms. The predicted molar refractivity (Wildman–Crippen MR) is 107 cm³/mol. The van der Waals surface area contributed by atoms with Crippen LogP contribution in [0.4, 0.5) is 0 Å². The Hall–Kier alpha value is -1.90. The molecule has 2 amide bonds. The number of hydrogen-bond donors (Lipinski definition) is 0. The Morgan fingerprint density at radius 3 is 2.65 bits per heavy atom. The van der Waals surface area contributed by atoms with E-state index in [-0.39, 0.29) is 18.4 Å². The molecule has 0 N–H and O–H groups in total. The number of ether oxygens (including phenoxy) is 1. The van der Waals surface area contributed by atoms with Gasteiger partial charge in [-0.2, -0.15) is 0 Å². The molecule has 26 heavy (non-hydrogen) atoms. The largest absolute Gasteiger partial charge is 0.496 e. The number of benzene rings is 1. The van der Waals surface area contributed by atoms with Gasteiger partial charge in [-0.1, -0.05) is 42.2 Å². The number of hydrogen-bond acceptors (Lipinski definition) is 6. The fourth-order valence-electron chi connectivity index (χ4n) is 2.85. The highest BCUT2D eigenvalue weighted by molar-refractivity contribution is 8.26. The lowest BCUT2D eigenvalue weighted by atomic mass is 10.2. The van der Waals surface area contributed by atoms with Crippen molar-refractivity contribution < 1.29 is 14.3 Å². The molecule has 0 aliphatic carbocycles. The number of amides is 2. The number of carbonyl (C=O) groups excluding carboxylic acids is 2. The zero-order valence-corrected chi connectivity index (χ0v) is 16.4. The number of thioether (sulfide) groups is 1. The molecular weight excluding hydrogens is 370 g/mol. The molecule has 2 heterocycles. The third-order valence-electron chi connectivity index (χ3n) is 4.45. The van der Waals surface area contributed by atoms with Crippen LogP contribution < -0.4 is 4.74 Å². The summed E-state index contributed by atoms with van der Waals surface area (Å²) in [6, 6.07) is 7.46. The molecule has 0 aromatic heterocycles. The van der Waals surface area contributed by atoms with Gasteiger partial charge in [0.05, 0.1) is 12.0 Å². The molecule has 0 bridgehead atoms. The second-order valence-electron chi connectivity index (χ2n) is 6.19. The van der Waals surface area contributed by atoms with E-state index in [1.54, 1.807) is 18.1 Å². The zero-order valence-electron chi connectivity index (χ0n) is 14.8. The van der Waals surface area contributed by atoms with Crippen LogP contribution in [-0.2, 0) is 9.59 Å². The molecule has 3 rings (SSSR count). The first kappa shape index (κ1) is 18.9. The number of likely N-dealkylation sites (N-methyl/N-ethyl adjacent to an activating group) is 1. The van der Waals surface area contributed by atoms with E-state index in [1.165, 1.54) is 16.7 Å². The maximum absolute atomic E-state index is 12.7. The van der Waals surface area contributed by atoms with Crippen LogP contribution in [0.2, 0.25) is 0 Å². The molecule has 6 nitrogen and oxygen atoms in total. The molecule has 8 heteroatoms. The Kier molecular flexibility index (Phi) is 5.95. The highest BCUT2D eigenvalue weighted by Crippen LogP contribution is 2.34. The van der Waals surface area contributed by atoms with Crippen molar-refractivity contribution in [2.24, 2.45) is 0 Å². The van der Waals surface area contributed by atoms with Crippen LogP contribution in [0.5, 0.6) is 5.75 Å². The minimum absolute atomic E-state index is 0.00234. The van der Waals surface area contributed by atoms with Crippen molar-refractivity contribution in [1.82, 2.24) is 14.7 Å². The highest BCUT2D eigenvalue weighted by Gasteiger charge is 2.34. The van der Waals surface area contributed by atoms with Crippen LogP contribution in [0.15, 0.2) is 29.2 Å². The van der Waals surface area contributed by atoms with Crippen molar-refractivity contribution in [3.63, 3.8) is 0 Å². The van der Waals surface area contributed by atoms with Gasteiger partial charge in [-0.3, -0.25) is 14.5 Å². The standard InChI is InChI=1S/C18H21N3O3S2/c1-19-7-9-20(10-8-19)16(22)12-21-17(23)15(26-18(21)25)11-13-5-3-4-6-14(13)24-2/h3-6,11H,7-10,12H2,1-2H3. The second kappa shape index (κ2) is 8.20. The summed E-state index contributed by atoms with van der Waals surface area (Å²) in [5.74, 6) is 0.396. The summed E-state index contributed by atoms with van der Waals surface area (Å²) in [5, 5.41) is 0. The van der Waals surface area contributed by atoms with Crippen LogP contribution >= 0.6 is 24.0 Å². The van der Waals surface area contributed by atoms with Crippen LogP contribution in [0, 0.1) is 0 Å². The van der Waals surface area contributed by atoms with Crippen LogP contribution in [0.3, 0.4) is 0 Å². The summed E-state index contributed by atoms with van der Waals surface area (Å²) in [5.41, 5.74) is 0.806. The molecular formula is C18H21N3O3S2. The number of para-hydroxylation sites is 1. The van der Waals surface area contributed by atoms with E-state index >= 15 is 0 Å². The number of thiocarbonyl (C=S) groups is 1.